The van der Waals surface area contributed by atoms with Crippen molar-refractivity contribution in [2.45, 2.75) is 127 Å². The molecule has 0 saturated heterocycles. The Balaban J connectivity index is 1.76. The van der Waals surface area contributed by atoms with Crippen LogP contribution in [0.1, 0.15) is 97.8 Å². The zero-order valence-corrected chi connectivity index (χ0v) is 19.8. The molecule has 0 N–H and O–H groups in total. The summed E-state index contributed by atoms with van der Waals surface area (Å²) in [5.74, 6) is 0.102. The minimum absolute atomic E-state index is 0.0156. The van der Waals surface area contributed by atoms with Gasteiger partial charge in [-0.25, -0.2) is 0 Å². The SMILES string of the molecule is CC(C)O[Si]CC(C)C(=O)O[Si](C1CCCC1)(C1CCCC1)C1CCCC1. The molecule has 3 rings (SSSR count). The Morgan fingerprint density at radius 1 is 0.852 bits per heavy atom. The molecule has 154 valence electrons. The van der Waals surface area contributed by atoms with Crippen molar-refractivity contribution in [3.8, 4) is 0 Å². The van der Waals surface area contributed by atoms with Gasteiger partial charge < -0.3 is 8.85 Å². The molecule has 3 nitrogen and oxygen atoms in total. The van der Waals surface area contributed by atoms with Crippen molar-refractivity contribution in [2.75, 3.05) is 0 Å². The maximum absolute atomic E-state index is 13.3. The second kappa shape index (κ2) is 10.1. The van der Waals surface area contributed by atoms with Gasteiger partial charge in [-0.2, -0.15) is 0 Å². The Bertz CT molecular complexity index is 423. The van der Waals surface area contributed by atoms with Gasteiger partial charge in [0.15, 0.2) is 0 Å². The molecular weight excluding hydrogens is 368 g/mol. The molecular formula is C22H40O3Si2. The summed E-state index contributed by atoms with van der Waals surface area (Å²) < 4.78 is 12.6. The number of carbonyl (C=O) groups excluding carboxylic acids is 1. The molecule has 3 saturated carbocycles. The van der Waals surface area contributed by atoms with Crippen LogP contribution in [0.25, 0.3) is 0 Å². The van der Waals surface area contributed by atoms with Gasteiger partial charge in [0, 0.05) is 6.10 Å². The van der Waals surface area contributed by atoms with E-state index >= 15 is 0 Å². The van der Waals surface area contributed by atoms with Crippen LogP contribution in [0.5, 0.6) is 0 Å². The quantitative estimate of drug-likeness (QED) is 0.414. The van der Waals surface area contributed by atoms with Crippen molar-refractivity contribution in [3.63, 3.8) is 0 Å². The first-order valence-corrected chi connectivity index (χ1v) is 14.9. The van der Waals surface area contributed by atoms with Crippen LogP contribution in [0.4, 0.5) is 0 Å². The summed E-state index contributed by atoms with van der Waals surface area (Å²) in [6, 6.07) is 0.821. The molecule has 0 spiro atoms. The summed E-state index contributed by atoms with van der Waals surface area (Å²) in [6.07, 6.45) is 16.4. The molecule has 1 atom stereocenters. The van der Waals surface area contributed by atoms with Crippen LogP contribution in [0.3, 0.4) is 0 Å². The minimum Gasteiger partial charge on any atom is -0.518 e. The molecule has 3 fully saturated rings. The van der Waals surface area contributed by atoms with Crippen LogP contribution in [-0.2, 0) is 13.6 Å². The van der Waals surface area contributed by atoms with Crippen LogP contribution >= 0.6 is 0 Å². The van der Waals surface area contributed by atoms with Crippen LogP contribution in [0.15, 0.2) is 0 Å². The third-order valence-electron chi connectivity index (χ3n) is 7.37. The number of hydrogen-bond donors (Lipinski definition) is 0. The zero-order valence-electron chi connectivity index (χ0n) is 17.8. The average molecular weight is 409 g/mol. The third kappa shape index (κ3) is 5.08. The minimum atomic E-state index is -2.07. The smallest absolute Gasteiger partial charge is 0.295 e. The van der Waals surface area contributed by atoms with Gasteiger partial charge in [0.25, 0.3) is 14.3 Å². The molecule has 0 aliphatic heterocycles. The molecule has 1 unspecified atom stereocenters. The van der Waals surface area contributed by atoms with Crippen molar-refractivity contribution < 1.29 is 13.6 Å². The van der Waals surface area contributed by atoms with Gasteiger partial charge in [0.1, 0.15) is 0 Å². The van der Waals surface area contributed by atoms with E-state index in [4.69, 9.17) is 8.85 Å². The van der Waals surface area contributed by atoms with Gasteiger partial charge >= 0.3 is 0 Å². The van der Waals surface area contributed by atoms with E-state index in [1.165, 1.54) is 77.0 Å². The monoisotopic (exact) mass is 408 g/mol. The van der Waals surface area contributed by atoms with E-state index in [0.717, 1.165) is 22.7 Å². The molecule has 5 heteroatoms. The van der Waals surface area contributed by atoms with E-state index < -0.39 is 8.32 Å². The van der Waals surface area contributed by atoms with Crippen molar-refractivity contribution in [2.24, 2.45) is 5.92 Å². The highest BCUT2D eigenvalue weighted by Gasteiger charge is 2.58. The Labute approximate surface area is 170 Å². The lowest BCUT2D eigenvalue weighted by Crippen LogP contribution is -2.52. The fraction of sp³-hybridized carbons (Fsp3) is 0.955. The van der Waals surface area contributed by atoms with Gasteiger partial charge in [0.2, 0.25) is 9.76 Å². The summed E-state index contributed by atoms with van der Waals surface area (Å²) in [5, 5.41) is 0. The normalized spacial score (nSPS) is 24.1. The van der Waals surface area contributed by atoms with E-state index in [9.17, 15) is 4.79 Å². The maximum Gasteiger partial charge on any atom is 0.295 e. The zero-order chi connectivity index (χ0) is 19.3. The molecule has 3 aliphatic rings. The van der Waals surface area contributed by atoms with Crippen molar-refractivity contribution in [1.82, 2.24) is 0 Å². The molecule has 0 aromatic heterocycles. The van der Waals surface area contributed by atoms with Gasteiger partial charge in [-0.3, -0.25) is 4.79 Å². The summed E-state index contributed by atoms with van der Waals surface area (Å²) in [6.45, 7) is 6.19. The predicted molar refractivity (Wildman–Crippen MR) is 114 cm³/mol. The van der Waals surface area contributed by atoms with Gasteiger partial charge in [0.05, 0.1) is 5.92 Å². The Morgan fingerprint density at radius 3 is 1.63 bits per heavy atom. The topological polar surface area (TPSA) is 35.5 Å². The Kier molecular flexibility index (Phi) is 8.04. The van der Waals surface area contributed by atoms with Crippen LogP contribution in [0.2, 0.25) is 22.7 Å². The van der Waals surface area contributed by atoms with Gasteiger partial charge in [-0.05, 0) is 75.0 Å². The van der Waals surface area contributed by atoms with Gasteiger partial charge in [-0.1, -0.05) is 45.4 Å². The molecule has 2 radical (unpaired) electrons. The Morgan fingerprint density at radius 2 is 1.26 bits per heavy atom. The number of hydrogen-bond acceptors (Lipinski definition) is 3. The van der Waals surface area contributed by atoms with Crippen LogP contribution in [-0.4, -0.2) is 30.2 Å². The first-order valence-electron chi connectivity index (χ1n) is 11.7. The van der Waals surface area contributed by atoms with E-state index in [2.05, 4.69) is 20.8 Å². The summed E-state index contributed by atoms with van der Waals surface area (Å²) >= 11 is 0. The van der Waals surface area contributed by atoms with Gasteiger partial charge in [-0.15, -0.1) is 0 Å². The summed E-state index contributed by atoms with van der Waals surface area (Å²) in [5.41, 5.74) is 2.23. The summed E-state index contributed by atoms with van der Waals surface area (Å²) in [7, 11) is -1.66. The molecule has 0 amide bonds. The second-order valence-corrected chi connectivity index (χ2v) is 14.9. The summed E-state index contributed by atoms with van der Waals surface area (Å²) in [4.78, 5) is 13.3. The average Bonchev–Trinajstić information content (AvgIpc) is 3.43. The maximum atomic E-state index is 13.3. The first-order chi connectivity index (χ1) is 13.0. The Hall–Kier alpha value is -0.136. The molecule has 0 bridgehead atoms. The van der Waals surface area contributed by atoms with Crippen LogP contribution < -0.4 is 0 Å². The van der Waals surface area contributed by atoms with E-state index in [1.807, 2.05) is 0 Å². The van der Waals surface area contributed by atoms with Crippen molar-refractivity contribution >= 4 is 24.0 Å². The molecule has 3 aliphatic carbocycles. The molecule has 0 aromatic rings. The lowest BCUT2D eigenvalue weighted by atomic mass is 10.2. The number of rotatable bonds is 9. The van der Waals surface area contributed by atoms with E-state index in [-0.39, 0.29) is 18.0 Å². The van der Waals surface area contributed by atoms with Crippen molar-refractivity contribution in [1.29, 1.82) is 0 Å². The standard InChI is InChI=1S/C22H40O3Si2/c1-17(2)24-26-16-18(3)22(23)25-27(19-10-4-5-11-19,20-12-6-7-13-20)21-14-8-9-15-21/h17-21H,4-16H2,1-3H3. The highest BCUT2D eigenvalue weighted by atomic mass is 28.4. The predicted octanol–water partition coefficient (Wildman–Crippen LogP) is 6.41. The fourth-order valence-corrected chi connectivity index (χ4v) is 13.9. The van der Waals surface area contributed by atoms with E-state index in [0.29, 0.717) is 9.76 Å². The van der Waals surface area contributed by atoms with Crippen LogP contribution in [0, 0.1) is 5.92 Å². The number of carbonyl (C=O) groups is 1. The molecule has 0 heterocycles. The van der Waals surface area contributed by atoms with E-state index in [1.54, 1.807) is 0 Å². The lowest BCUT2D eigenvalue weighted by molar-refractivity contribution is -0.139. The fourth-order valence-electron chi connectivity index (χ4n) is 6.08. The second-order valence-electron chi connectivity index (χ2n) is 9.63. The largest absolute Gasteiger partial charge is 0.518 e. The highest BCUT2D eigenvalue weighted by Crippen LogP contribution is 2.59. The molecule has 27 heavy (non-hydrogen) atoms. The highest BCUT2D eigenvalue weighted by molar-refractivity contribution is 6.79. The first kappa shape index (κ1) is 21.6. The van der Waals surface area contributed by atoms with Crippen molar-refractivity contribution in [3.05, 3.63) is 0 Å². The third-order valence-corrected chi connectivity index (χ3v) is 14.9. The lowest BCUT2D eigenvalue weighted by Gasteiger charge is -2.45. The molecule has 0 aromatic carbocycles.